The molecule has 0 radical (unpaired) electrons. The average Bonchev–Trinajstić information content (AvgIpc) is 3.03. The van der Waals surface area contributed by atoms with E-state index in [0.717, 1.165) is 12.2 Å². The lowest BCUT2D eigenvalue weighted by atomic mass is 9.97. The predicted molar refractivity (Wildman–Crippen MR) is 88.9 cm³/mol. The van der Waals surface area contributed by atoms with Crippen LogP contribution in [0.25, 0.3) is 0 Å². The molecule has 0 saturated carbocycles. The molecule has 2 aliphatic heterocycles. The normalized spacial score (nSPS) is 20.2. The SMILES string of the molecule is CCOC(=O)C1CCN(C(=O)NCC2Cc3ccccc3O2)CC1. The first-order chi connectivity index (χ1) is 11.7. The standard InChI is InChI=1S/C18H24N2O4/c1-2-23-17(21)13-7-9-20(10-8-13)18(22)19-12-15-11-14-5-3-4-6-16(14)24-15/h3-6,13,15H,2,7-12H2,1H3,(H,19,22). The van der Waals surface area contributed by atoms with Gasteiger partial charge in [-0.15, -0.1) is 0 Å². The maximum atomic E-state index is 12.3. The van der Waals surface area contributed by atoms with Crippen molar-refractivity contribution in [1.82, 2.24) is 10.2 Å². The van der Waals surface area contributed by atoms with E-state index < -0.39 is 0 Å². The van der Waals surface area contributed by atoms with E-state index in [4.69, 9.17) is 9.47 Å². The Labute approximate surface area is 142 Å². The van der Waals surface area contributed by atoms with Crippen molar-refractivity contribution in [2.45, 2.75) is 32.3 Å². The summed E-state index contributed by atoms with van der Waals surface area (Å²) in [5.41, 5.74) is 1.19. The van der Waals surface area contributed by atoms with Gasteiger partial charge < -0.3 is 19.7 Å². The number of fused-ring (bicyclic) bond motifs is 1. The van der Waals surface area contributed by atoms with E-state index in [-0.39, 0.29) is 24.0 Å². The Hall–Kier alpha value is -2.24. The van der Waals surface area contributed by atoms with Crippen LogP contribution < -0.4 is 10.1 Å². The highest BCUT2D eigenvalue weighted by atomic mass is 16.5. The number of hydrogen-bond acceptors (Lipinski definition) is 4. The van der Waals surface area contributed by atoms with E-state index in [0.29, 0.717) is 39.1 Å². The number of amides is 2. The number of para-hydroxylation sites is 1. The Morgan fingerprint density at radius 2 is 2.04 bits per heavy atom. The monoisotopic (exact) mass is 332 g/mol. The average molecular weight is 332 g/mol. The number of nitrogens with zero attached hydrogens (tertiary/aromatic N) is 1. The third-order valence-corrected chi connectivity index (χ3v) is 4.60. The fourth-order valence-electron chi connectivity index (χ4n) is 3.26. The van der Waals surface area contributed by atoms with Crippen molar-refractivity contribution in [3.05, 3.63) is 29.8 Å². The first-order valence-corrected chi connectivity index (χ1v) is 8.61. The van der Waals surface area contributed by atoms with Crippen molar-refractivity contribution in [3.63, 3.8) is 0 Å². The number of rotatable bonds is 4. The summed E-state index contributed by atoms with van der Waals surface area (Å²) in [6.45, 7) is 3.88. The smallest absolute Gasteiger partial charge is 0.317 e. The van der Waals surface area contributed by atoms with Gasteiger partial charge in [0, 0.05) is 19.5 Å². The maximum Gasteiger partial charge on any atom is 0.317 e. The van der Waals surface area contributed by atoms with Crippen LogP contribution in [0.15, 0.2) is 24.3 Å². The summed E-state index contributed by atoms with van der Waals surface area (Å²) in [6.07, 6.45) is 2.14. The minimum absolute atomic E-state index is 0.0107. The zero-order valence-electron chi connectivity index (χ0n) is 14.0. The van der Waals surface area contributed by atoms with Crippen molar-refractivity contribution >= 4 is 12.0 Å². The Balaban J connectivity index is 1.40. The second-order valence-electron chi connectivity index (χ2n) is 6.25. The molecule has 1 saturated heterocycles. The molecule has 130 valence electrons. The highest BCUT2D eigenvalue weighted by Crippen LogP contribution is 2.27. The summed E-state index contributed by atoms with van der Waals surface area (Å²) in [7, 11) is 0. The van der Waals surface area contributed by atoms with Gasteiger partial charge in [-0.05, 0) is 31.4 Å². The molecule has 6 heteroatoms. The number of likely N-dealkylation sites (tertiary alicyclic amines) is 1. The molecule has 2 aliphatic rings. The highest BCUT2D eigenvalue weighted by molar-refractivity contribution is 5.76. The summed E-state index contributed by atoms with van der Waals surface area (Å²) in [5.74, 6) is 0.684. The topological polar surface area (TPSA) is 67.9 Å². The van der Waals surface area contributed by atoms with Gasteiger partial charge in [0.1, 0.15) is 11.9 Å². The van der Waals surface area contributed by atoms with Crippen LogP contribution >= 0.6 is 0 Å². The number of benzene rings is 1. The van der Waals surface area contributed by atoms with Crippen LogP contribution in [0.2, 0.25) is 0 Å². The van der Waals surface area contributed by atoms with Crippen molar-refractivity contribution < 1.29 is 19.1 Å². The Bertz CT molecular complexity index is 571. The number of urea groups is 1. The van der Waals surface area contributed by atoms with Crippen molar-refractivity contribution in [2.75, 3.05) is 26.2 Å². The number of ether oxygens (including phenoxy) is 2. The molecule has 3 rings (SSSR count). The number of piperidine rings is 1. The third kappa shape index (κ3) is 3.80. The van der Waals surface area contributed by atoms with Gasteiger partial charge in [0.15, 0.2) is 0 Å². The van der Waals surface area contributed by atoms with Crippen molar-refractivity contribution in [1.29, 1.82) is 0 Å². The summed E-state index contributed by atoms with van der Waals surface area (Å²) >= 11 is 0. The van der Waals surface area contributed by atoms with Crippen LogP contribution in [0.4, 0.5) is 4.79 Å². The first kappa shape index (κ1) is 16.6. The van der Waals surface area contributed by atoms with E-state index >= 15 is 0 Å². The van der Waals surface area contributed by atoms with E-state index in [9.17, 15) is 9.59 Å². The predicted octanol–water partition coefficient (Wildman–Crippen LogP) is 1.97. The van der Waals surface area contributed by atoms with Crippen LogP contribution in [-0.2, 0) is 16.0 Å². The van der Waals surface area contributed by atoms with Gasteiger partial charge in [-0.3, -0.25) is 4.79 Å². The molecule has 1 aromatic rings. The lowest BCUT2D eigenvalue weighted by Crippen LogP contribution is -2.47. The van der Waals surface area contributed by atoms with E-state index in [1.807, 2.05) is 25.1 Å². The van der Waals surface area contributed by atoms with E-state index in [1.165, 1.54) is 5.56 Å². The van der Waals surface area contributed by atoms with Gasteiger partial charge in [-0.2, -0.15) is 0 Å². The summed E-state index contributed by atoms with van der Waals surface area (Å²) in [5, 5.41) is 2.94. The lowest BCUT2D eigenvalue weighted by Gasteiger charge is -2.31. The summed E-state index contributed by atoms with van der Waals surface area (Å²) in [6, 6.07) is 7.87. The molecule has 0 bridgehead atoms. The van der Waals surface area contributed by atoms with Gasteiger partial charge in [0.05, 0.1) is 19.1 Å². The molecule has 24 heavy (non-hydrogen) atoms. The number of carbonyl (C=O) groups is 2. The minimum atomic E-state index is -0.144. The quantitative estimate of drug-likeness (QED) is 0.856. The number of esters is 1. The van der Waals surface area contributed by atoms with Crippen LogP contribution in [-0.4, -0.2) is 49.2 Å². The van der Waals surface area contributed by atoms with Gasteiger partial charge in [-0.1, -0.05) is 18.2 Å². The summed E-state index contributed by atoms with van der Waals surface area (Å²) < 4.78 is 10.9. The van der Waals surface area contributed by atoms with Gasteiger partial charge in [0.2, 0.25) is 0 Å². The third-order valence-electron chi connectivity index (χ3n) is 4.60. The van der Waals surface area contributed by atoms with Crippen LogP contribution in [0.5, 0.6) is 5.75 Å². The molecule has 1 aromatic carbocycles. The molecule has 0 aliphatic carbocycles. The molecule has 6 nitrogen and oxygen atoms in total. The molecule has 2 heterocycles. The molecule has 1 atom stereocenters. The molecule has 0 spiro atoms. The molecule has 2 amide bonds. The van der Waals surface area contributed by atoms with Gasteiger partial charge >= 0.3 is 12.0 Å². The second-order valence-corrected chi connectivity index (χ2v) is 6.25. The highest BCUT2D eigenvalue weighted by Gasteiger charge is 2.29. The van der Waals surface area contributed by atoms with Gasteiger partial charge in [-0.25, -0.2) is 4.79 Å². The Morgan fingerprint density at radius 1 is 1.29 bits per heavy atom. The molecular weight excluding hydrogens is 308 g/mol. The number of nitrogens with one attached hydrogen (secondary N) is 1. The maximum absolute atomic E-state index is 12.3. The zero-order chi connectivity index (χ0) is 16.9. The molecule has 1 unspecified atom stereocenters. The van der Waals surface area contributed by atoms with Crippen molar-refractivity contribution in [3.8, 4) is 5.75 Å². The molecular formula is C18H24N2O4. The van der Waals surface area contributed by atoms with Crippen molar-refractivity contribution in [2.24, 2.45) is 5.92 Å². The Kier molecular flexibility index (Phi) is 5.23. The molecule has 1 fully saturated rings. The van der Waals surface area contributed by atoms with Crippen LogP contribution in [0, 0.1) is 5.92 Å². The second kappa shape index (κ2) is 7.55. The summed E-state index contributed by atoms with van der Waals surface area (Å²) in [4.78, 5) is 25.8. The fraction of sp³-hybridized carbons (Fsp3) is 0.556. The largest absolute Gasteiger partial charge is 0.488 e. The minimum Gasteiger partial charge on any atom is -0.488 e. The van der Waals surface area contributed by atoms with Gasteiger partial charge in [0.25, 0.3) is 0 Å². The van der Waals surface area contributed by atoms with Crippen LogP contribution in [0.1, 0.15) is 25.3 Å². The number of hydrogen-bond donors (Lipinski definition) is 1. The molecule has 1 N–H and O–H groups in total. The first-order valence-electron chi connectivity index (χ1n) is 8.61. The lowest BCUT2D eigenvalue weighted by molar-refractivity contribution is -0.149. The van der Waals surface area contributed by atoms with E-state index in [2.05, 4.69) is 11.4 Å². The van der Waals surface area contributed by atoms with Crippen LogP contribution in [0.3, 0.4) is 0 Å². The fourth-order valence-corrected chi connectivity index (χ4v) is 3.26. The zero-order valence-corrected chi connectivity index (χ0v) is 14.0. The van der Waals surface area contributed by atoms with E-state index in [1.54, 1.807) is 4.90 Å². The Morgan fingerprint density at radius 3 is 2.75 bits per heavy atom. The number of carbonyl (C=O) groups excluding carboxylic acids is 2. The molecule has 0 aromatic heterocycles.